The van der Waals surface area contributed by atoms with E-state index in [9.17, 15) is 5.11 Å². The Morgan fingerprint density at radius 2 is 1.73 bits per heavy atom. The summed E-state index contributed by atoms with van der Waals surface area (Å²) < 4.78 is 0. The van der Waals surface area contributed by atoms with E-state index in [4.69, 9.17) is 23.2 Å². The molecule has 1 heterocycles. The normalized spacial score (nSPS) is 16.8. The average Bonchev–Trinajstić information content (AvgIpc) is 2.25. The minimum atomic E-state index is 0.186. The summed E-state index contributed by atoms with van der Waals surface area (Å²) in [5, 5.41) is 13.9. The molecule has 5 heteroatoms. The van der Waals surface area contributed by atoms with Gasteiger partial charge in [-0.15, -0.1) is 0 Å². The summed E-state index contributed by atoms with van der Waals surface area (Å²) >= 11 is 11.7. The number of aromatic hydroxyl groups is 1. The molecule has 0 atom stereocenters. The van der Waals surface area contributed by atoms with E-state index in [0.717, 1.165) is 31.9 Å². The van der Waals surface area contributed by atoms with Gasteiger partial charge in [0.25, 0.3) is 0 Å². The van der Waals surface area contributed by atoms with Gasteiger partial charge in [0, 0.05) is 32.2 Å². The van der Waals surface area contributed by atoms with Crippen LogP contribution in [0.15, 0.2) is 12.1 Å². The number of hydrogen-bond donors (Lipinski definition) is 2. The maximum absolute atomic E-state index is 9.76. The van der Waals surface area contributed by atoms with Gasteiger partial charge in [0.05, 0.1) is 15.7 Å². The van der Waals surface area contributed by atoms with Crippen molar-refractivity contribution in [2.75, 3.05) is 31.1 Å². The molecule has 0 unspecified atom stereocenters. The predicted octanol–water partition coefficient (Wildman–Crippen LogP) is 2.11. The van der Waals surface area contributed by atoms with Gasteiger partial charge < -0.3 is 15.3 Å². The van der Waals surface area contributed by atoms with Gasteiger partial charge in [-0.2, -0.15) is 0 Å². The number of rotatable bonds is 1. The Hall–Kier alpha value is -0.640. The van der Waals surface area contributed by atoms with E-state index in [1.165, 1.54) is 6.07 Å². The molecular formula is C10H12Cl2N2O. The van der Waals surface area contributed by atoms with Crippen LogP contribution in [-0.2, 0) is 0 Å². The highest BCUT2D eigenvalue weighted by atomic mass is 35.5. The van der Waals surface area contributed by atoms with Crippen LogP contribution < -0.4 is 10.2 Å². The molecule has 1 aromatic rings. The lowest BCUT2D eigenvalue weighted by Gasteiger charge is -2.30. The average molecular weight is 247 g/mol. The summed E-state index contributed by atoms with van der Waals surface area (Å²) in [5.74, 6) is 0.186. The van der Waals surface area contributed by atoms with Crippen LogP contribution in [0.2, 0.25) is 10.0 Å². The van der Waals surface area contributed by atoms with Crippen molar-refractivity contribution in [2.45, 2.75) is 0 Å². The SMILES string of the molecule is Oc1cc(Cl)c(Cl)cc1N1CCNCC1. The highest BCUT2D eigenvalue weighted by Gasteiger charge is 2.15. The number of piperazine rings is 1. The number of halogens is 2. The number of nitrogens with zero attached hydrogens (tertiary/aromatic N) is 1. The molecule has 1 fully saturated rings. The van der Waals surface area contributed by atoms with Crippen molar-refractivity contribution in [2.24, 2.45) is 0 Å². The summed E-state index contributed by atoms with van der Waals surface area (Å²) in [6, 6.07) is 3.20. The molecular weight excluding hydrogens is 235 g/mol. The van der Waals surface area contributed by atoms with Crippen molar-refractivity contribution >= 4 is 28.9 Å². The zero-order valence-electron chi connectivity index (χ0n) is 8.13. The summed E-state index contributed by atoms with van der Waals surface area (Å²) in [7, 11) is 0. The number of phenolic OH excluding ortho intramolecular Hbond substituents is 1. The van der Waals surface area contributed by atoms with Crippen LogP contribution in [0.25, 0.3) is 0 Å². The van der Waals surface area contributed by atoms with Gasteiger partial charge in [0.1, 0.15) is 5.75 Å². The van der Waals surface area contributed by atoms with Gasteiger partial charge in [-0.1, -0.05) is 23.2 Å². The molecule has 2 rings (SSSR count). The second kappa shape index (κ2) is 4.47. The zero-order valence-corrected chi connectivity index (χ0v) is 9.65. The van der Waals surface area contributed by atoms with Crippen molar-refractivity contribution in [3.63, 3.8) is 0 Å². The molecule has 1 aliphatic rings. The maximum Gasteiger partial charge on any atom is 0.140 e. The molecule has 0 spiro atoms. The third-order valence-corrected chi connectivity index (χ3v) is 3.20. The van der Waals surface area contributed by atoms with Crippen LogP contribution in [0.1, 0.15) is 0 Å². The fraction of sp³-hybridized carbons (Fsp3) is 0.400. The Morgan fingerprint density at radius 1 is 1.13 bits per heavy atom. The van der Waals surface area contributed by atoms with E-state index in [-0.39, 0.29) is 5.75 Å². The van der Waals surface area contributed by atoms with Crippen LogP contribution in [-0.4, -0.2) is 31.3 Å². The second-order valence-corrected chi connectivity index (χ2v) is 4.31. The van der Waals surface area contributed by atoms with E-state index in [1.54, 1.807) is 6.07 Å². The van der Waals surface area contributed by atoms with Crippen LogP contribution in [0.3, 0.4) is 0 Å². The quantitative estimate of drug-likeness (QED) is 0.797. The van der Waals surface area contributed by atoms with Crippen molar-refractivity contribution in [3.05, 3.63) is 22.2 Å². The molecule has 0 aliphatic carbocycles. The van der Waals surface area contributed by atoms with E-state index >= 15 is 0 Å². The Kier molecular flexibility index (Phi) is 3.24. The lowest BCUT2D eigenvalue weighted by atomic mass is 10.2. The lowest BCUT2D eigenvalue weighted by Crippen LogP contribution is -2.43. The molecule has 0 aromatic heterocycles. The van der Waals surface area contributed by atoms with Crippen molar-refractivity contribution < 1.29 is 5.11 Å². The van der Waals surface area contributed by atoms with Crippen LogP contribution in [0, 0.1) is 0 Å². The van der Waals surface area contributed by atoms with Crippen LogP contribution >= 0.6 is 23.2 Å². The highest BCUT2D eigenvalue weighted by molar-refractivity contribution is 6.42. The fourth-order valence-corrected chi connectivity index (χ4v) is 2.00. The van der Waals surface area contributed by atoms with Gasteiger partial charge in [-0.05, 0) is 6.07 Å². The summed E-state index contributed by atoms with van der Waals surface area (Å²) in [5.41, 5.74) is 0.755. The number of hydrogen-bond acceptors (Lipinski definition) is 3. The van der Waals surface area contributed by atoms with E-state index in [1.807, 2.05) is 0 Å². The van der Waals surface area contributed by atoms with Crippen LogP contribution in [0.5, 0.6) is 5.75 Å². The Labute approximate surface area is 98.6 Å². The van der Waals surface area contributed by atoms with E-state index in [0.29, 0.717) is 10.0 Å². The lowest BCUT2D eigenvalue weighted by molar-refractivity contribution is 0.470. The Bertz CT molecular complexity index is 365. The number of phenols is 1. The highest BCUT2D eigenvalue weighted by Crippen LogP contribution is 2.35. The number of benzene rings is 1. The smallest absolute Gasteiger partial charge is 0.140 e. The largest absolute Gasteiger partial charge is 0.506 e. The molecule has 1 saturated heterocycles. The summed E-state index contributed by atoms with van der Waals surface area (Å²) in [4.78, 5) is 2.09. The van der Waals surface area contributed by atoms with Crippen LogP contribution in [0.4, 0.5) is 5.69 Å². The molecule has 82 valence electrons. The molecule has 0 amide bonds. The third-order valence-electron chi connectivity index (χ3n) is 2.48. The Morgan fingerprint density at radius 3 is 2.40 bits per heavy atom. The molecule has 3 nitrogen and oxygen atoms in total. The van der Waals surface area contributed by atoms with Crippen molar-refractivity contribution in [1.82, 2.24) is 5.32 Å². The first-order chi connectivity index (χ1) is 7.18. The molecule has 0 radical (unpaired) electrons. The van der Waals surface area contributed by atoms with Gasteiger partial charge in [-0.25, -0.2) is 0 Å². The van der Waals surface area contributed by atoms with Gasteiger partial charge in [0.2, 0.25) is 0 Å². The fourth-order valence-electron chi connectivity index (χ4n) is 1.68. The van der Waals surface area contributed by atoms with Crippen molar-refractivity contribution in [1.29, 1.82) is 0 Å². The van der Waals surface area contributed by atoms with E-state index in [2.05, 4.69) is 10.2 Å². The third kappa shape index (κ3) is 2.30. The Balaban J connectivity index is 2.30. The summed E-state index contributed by atoms with van der Waals surface area (Å²) in [6.45, 7) is 3.57. The topological polar surface area (TPSA) is 35.5 Å². The first-order valence-electron chi connectivity index (χ1n) is 4.82. The molecule has 2 N–H and O–H groups in total. The zero-order chi connectivity index (χ0) is 10.8. The second-order valence-electron chi connectivity index (χ2n) is 3.49. The minimum absolute atomic E-state index is 0.186. The van der Waals surface area contributed by atoms with Gasteiger partial charge >= 0.3 is 0 Å². The van der Waals surface area contributed by atoms with Crippen molar-refractivity contribution in [3.8, 4) is 5.75 Å². The molecule has 0 saturated carbocycles. The van der Waals surface area contributed by atoms with Gasteiger partial charge in [-0.3, -0.25) is 0 Å². The molecule has 1 aliphatic heterocycles. The number of anilines is 1. The summed E-state index contributed by atoms with van der Waals surface area (Å²) in [6.07, 6.45) is 0. The maximum atomic E-state index is 9.76. The standard InChI is InChI=1S/C10H12Cl2N2O/c11-7-5-9(10(15)6-8(7)12)14-3-1-13-2-4-14/h5-6,13,15H,1-4H2. The minimum Gasteiger partial charge on any atom is -0.506 e. The molecule has 1 aromatic carbocycles. The first-order valence-corrected chi connectivity index (χ1v) is 5.58. The first kappa shape index (κ1) is 10.9. The van der Waals surface area contributed by atoms with Gasteiger partial charge in [0.15, 0.2) is 0 Å². The predicted molar refractivity (Wildman–Crippen MR) is 63.2 cm³/mol. The van der Waals surface area contributed by atoms with E-state index < -0.39 is 0 Å². The molecule has 0 bridgehead atoms. The molecule has 15 heavy (non-hydrogen) atoms. The number of nitrogens with one attached hydrogen (secondary N) is 1. The monoisotopic (exact) mass is 246 g/mol.